The van der Waals surface area contributed by atoms with Crippen LogP contribution in [0, 0.1) is 6.92 Å². The van der Waals surface area contributed by atoms with Gasteiger partial charge >= 0.3 is 0 Å². The fourth-order valence-electron chi connectivity index (χ4n) is 3.70. The second-order valence-electron chi connectivity index (χ2n) is 6.78. The van der Waals surface area contributed by atoms with Crippen molar-refractivity contribution in [2.75, 3.05) is 7.11 Å². The first-order valence-electron chi connectivity index (χ1n) is 8.80. The van der Waals surface area contributed by atoms with Gasteiger partial charge < -0.3 is 9.15 Å². The molecule has 3 aromatic rings. The zero-order valence-corrected chi connectivity index (χ0v) is 14.3. The number of hydrogen-bond acceptors (Lipinski definition) is 3. The summed E-state index contributed by atoms with van der Waals surface area (Å²) < 4.78 is 11.6. The van der Waals surface area contributed by atoms with E-state index in [1.807, 2.05) is 6.07 Å². The summed E-state index contributed by atoms with van der Waals surface area (Å²) in [5.74, 6) is 2.19. The van der Waals surface area contributed by atoms with Gasteiger partial charge in [0.05, 0.1) is 7.11 Å². The molecule has 1 aliphatic carbocycles. The summed E-state index contributed by atoms with van der Waals surface area (Å²) in [6.45, 7) is 2.08. The van der Waals surface area contributed by atoms with Crippen molar-refractivity contribution in [3.63, 3.8) is 0 Å². The van der Waals surface area contributed by atoms with E-state index in [2.05, 4.69) is 37.3 Å². The average molecular weight is 321 g/mol. The van der Waals surface area contributed by atoms with Gasteiger partial charge in [0.25, 0.3) is 0 Å². The molecule has 1 heterocycles. The Morgan fingerprint density at radius 3 is 2.50 bits per heavy atom. The third kappa shape index (κ3) is 2.79. The van der Waals surface area contributed by atoms with Crippen LogP contribution < -0.4 is 4.74 Å². The molecular formula is C21H23NO2. The van der Waals surface area contributed by atoms with Crippen molar-refractivity contribution in [2.24, 2.45) is 0 Å². The van der Waals surface area contributed by atoms with E-state index in [0.29, 0.717) is 11.8 Å². The molecular weight excluding hydrogens is 298 g/mol. The maximum absolute atomic E-state index is 5.99. The van der Waals surface area contributed by atoms with Gasteiger partial charge in [0.15, 0.2) is 5.58 Å². The minimum atomic E-state index is 0.581. The average Bonchev–Trinajstić information content (AvgIpc) is 3.04. The molecule has 124 valence electrons. The van der Waals surface area contributed by atoms with Crippen molar-refractivity contribution in [3.8, 4) is 17.2 Å². The SMILES string of the molecule is COc1cc2oc(-c3ccc(C)cc3)nc2cc1C1CCCCC1. The van der Waals surface area contributed by atoms with Gasteiger partial charge in [-0.2, -0.15) is 0 Å². The number of methoxy groups -OCH3 is 1. The van der Waals surface area contributed by atoms with E-state index in [1.165, 1.54) is 43.2 Å². The Labute approximate surface area is 142 Å². The molecule has 0 bridgehead atoms. The lowest BCUT2D eigenvalue weighted by Gasteiger charge is -2.23. The highest BCUT2D eigenvalue weighted by atomic mass is 16.5. The van der Waals surface area contributed by atoms with E-state index < -0.39 is 0 Å². The van der Waals surface area contributed by atoms with Crippen LogP contribution in [0.1, 0.15) is 49.1 Å². The number of aryl methyl sites for hydroxylation is 1. The molecule has 3 nitrogen and oxygen atoms in total. The van der Waals surface area contributed by atoms with Crippen LogP contribution in [0.15, 0.2) is 40.8 Å². The van der Waals surface area contributed by atoms with Crippen LogP contribution in [0.2, 0.25) is 0 Å². The summed E-state index contributed by atoms with van der Waals surface area (Å²) in [4.78, 5) is 4.72. The van der Waals surface area contributed by atoms with Crippen molar-refractivity contribution in [2.45, 2.75) is 44.9 Å². The largest absolute Gasteiger partial charge is 0.496 e. The van der Waals surface area contributed by atoms with Gasteiger partial charge in [-0.3, -0.25) is 0 Å². The molecule has 0 spiro atoms. The van der Waals surface area contributed by atoms with E-state index in [-0.39, 0.29) is 0 Å². The topological polar surface area (TPSA) is 35.3 Å². The van der Waals surface area contributed by atoms with Crippen molar-refractivity contribution in [1.82, 2.24) is 4.98 Å². The highest BCUT2D eigenvalue weighted by Crippen LogP contribution is 2.40. The van der Waals surface area contributed by atoms with E-state index in [1.54, 1.807) is 7.11 Å². The molecule has 1 aliphatic rings. The molecule has 24 heavy (non-hydrogen) atoms. The van der Waals surface area contributed by atoms with E-state index in [4.69, 9.17) is 14.1 Å². The Kier molecular flexibility index (Phi) is 4.01. The first-order valence-corrected chi connectivity index (χ1v) is 8.80. The summed E-state index contributed by atoms with van der Waals surface area (Å²) in [5.41, 5.74) is 5.24. The van der Waals surface area contributed by atoms with Gasteiger partial charge in [0.2, 0.25) is 5.89 Å². The van der Waals surface area contributed by atoms with Gasteiger partial charge in [-0.1, -0.05) is 37.0 Å². The lowest BCUT2D eigenvalue weighted by atomic mass is 9.83. The normalized spacial score (nSPS) is 15.8. The summed E-state index contributed by atoms with van der Waals surface area (Å²) in [7, 11) is 1.74. The summed E-state index contributed by atoms with van der Waals surface area (Å²) >= 11 is 0. The molecule has 2 aromatic carbocycles. The zero-order valence-electron chi connectivity index (χ0n) is 14.3. The van der Waals surface area contributed by atoms with Gasteiger partial charge in [-0.25, -0.2) is 4.98 Å². The minimum Gasteiger partial charge on any atom is -0.496 e. The molecule has 0 N–H and O–H groups in total. The number of nitrogens with zero attached hydrogens (tertiary/aromatic N) is 1. The van der Waals surface area contributed by atoms with Crippen molar-refractivity contribution >= 4 is 11.1 Å². The number of oxazole rings is 1. The van der Waals surface area contributed by atoms with Crippen molar-refractivity contribution < 1.29 is 9.15 Å². The van der Waals surface area contributed by atoms with Crippen LogP contribution in [-0.4, -0.2) is 12.1 Å². The lowest BCUT2D eigenvalue weighted by Crippen LogP contribution is -2.06. The predicted octanol–water partition coefficient (Wildman–Crippen LogP) is 5.86. The number of ether oxygens (including phenoxy) is 1. The van der Waals surface area contributed by atoms with Crippen LogP contribution in [0.3, 0.4) is 0 Å². The van der Waals surface area contributed by atoms with Gasteiger partial charge in [-0.15, -0.1) is 0 Å². The number of benzene rings is 2. The third-order valence-electron chi connectivity index (χ3n) is 5.08. The third-order valence-corrected chi connectivity index (χ3v) is 5.08. The van der Waals surface area contributed by atoms with Crippen LogP contribution in [-0.2, 0) is 0 Å². The van der Waals surface area contributed by atoms with Crippen LogP contribution >= 0.6 is 0 Å². The molecule has 0 aliphatic heterocycles. The standard InChI is InChI=1S/C21H23NO2/c1-14-8-10-16(11-9-14)21-22-18-12-17(15-6-4-3-5-7-15)19(23-2)13-20(18)24-21/h8-13,15H,3-7H2,1-2H3. The van der Waals surface area contributed by atoms with Gasteiger partial charge in [-0.05, 0) is 49.4 Å². The molecule has 0 amide bonds. The summed E-state index contributed by atoms with van der Waals surface area (Å²) in [6, 6.07) is 12.4. The van der Waals surface area contributed by atoms with E-state index in [0.717, 1.165) is 22.4 Å². The van der Waals surface area contributed by atoms with Crippen LogP contribution in [0.4, 0.5) is 0 Å². The maximum atomic E-state index is 5.99. The first kappa shape index (κ1) is 15.3. The fraction of sp³-hybridized carbons (Fsp3) is 0.381. The predicted molar refractivity (Wildman–Crippen MR) is 96.6 cm³/mol. The molecule has 0 unspecified atom stereocenters. The molecule has 0 saturated heterocycles. The smallest absolute Gasteiger partial charge is 0.227 e. The number of rotatable bonds is 3. The number of aromatic nitrogens is 1. The first-order chi connectivity index (χ1) is 11.7. The van der Waals surface area contributed by atoms with Crippen LogP contribution in [0.5, 0.6) is 5.75 Å². The highest BCUT2D eigenvalue weighted by molar-refractivity contribution is 5.79. The van der Waals surface area contributed by atoms with Gasteiger partial charge in [0.1, 0.15) is 11.3 Å². The summed E-state index contributed by atoms with van der Waals surface area (Å²) in [5, 5.41) is 0. The summed E-state index contributed by atoms with van der Waals surface area (Å²) in [6.07, 6.45) is 6.44. The Balaban J connectivity index is 1.77. The second-order valence-corrected chi connectivity index (χ2v) is 6.78. The Morgan fingerprint density at radius 1 is 1.04 bits per heavy atom. The molecule has 1 fully saturated rings. The number of hydrogen-bond donors (Lipinski definition) is 0. The molecule has 1 aromatic heterocycles. The molecule has 4 rings (SSSR count). The second kappa shape index (κ2) is 6.31. The number of fused-ring (bicyclic) bond motifs is 1. The quantitative estimate of drug-likeness (QED) is 0.606. The lowest BCUT2D eigenvalue weighted by molar-refractivity contribution is 0.387. The van der Waals surface area contributed by atoms with E-state index >= 15 is 0 Å². The van der Waals surface area contributed by atoms with Crippen molar-refractivity contribution in [3.05, 3.63) is 47.5 Å². The zero-order chi connectivity index (χ0) is 16.5. The van der Waals surface area contributed by atoms with Gasteiger partial charge in [0, 0.05) is 11.6 Å². The van der Waals surface area contributed by atoms with Crippen molar-refractivity contribution in [1.29, 1.82) is 0 Å². The molecule has 0 atom stereocenters. The van der Waals surface area contributed by atoms with Crippen LogP contribution in [0.25, 0.3) is 22.6 Å². The Morgan fingerprint density at radius 2 is 1.79 bits per heavy atom. The fourth-order valence-corrected chi connectivity index (χ4v) is 3.70. The maximum Gasteiger partial charge on any atom is 0.227 e. The monoisotopic (exact) mass is 321 g/mol. The Bertz CT molecular complexity index is 842. The minimum absolute atomic E-state index is 0.581. The molecule has 1 saturated carbocycles. The highest BCUT2D eigenvalue weighted by Gasteiger charge is 2.21. The van der Waals surface area contributed by atoms with E-state index in [9.17, 15) is 0 Å². The molecule has 0 radical (unpaired) electrons. The Hall–Kier alpha value is -2.29. The molecule has 3 heteroatoms.